The quantitative estimate of drug-likeness (QED) is 0.438. The third-order valence-electron chi connectivity index (χ3n) is 4.29. The summed E-state index contributed by atoms with van der Waals surface area (Å²) >= 11 is 6.10. The van der Waals surface area contributed by atoms with E-state index in [0.717, 1.165) is 0 Å². The van der Waals surface area contributed by atoms with E-state index in [9.17, 15) is 24.5 Å². The number of rotatable bonds is 6. The maximum atomic E-state index is 12.2. The standard InChI is InChI=1S/C19H16ClN3O6/c20-15-6-1-2-7-16(15)22-10-12(8-18(22)25)19(26)29-11-17(24)21-13-4-3-5-14(9-13)23(27)28/h1-7,9,12H,8,10-11H2,(H,21,24)/t12-/m0/s1. The van der Waals surface area contributed by atoms with E-state index < -0.39 is 29.3 Å². The van der Waals surface area contributed by atoms with Gasteiger partial charge in [0, 0.05) is 30.8 Å². The van der Waals surface area contributed by atoms with Crippen LogP contribution in [0.2, 0.25) is 5.02 Å². The van der Waals surface area contributed by atoms with Crippen LogP contribution in [0.5, 0.6) is 0 Å². The van der Waals surface area contributed by atoms with Gasteiger partial charge in [-0.05, 0) is 18.2 Å². The topological polar surface area (TPSA) is 119 Å². The van der Waals surface area contributed by atoms with Crippen LogP contribution < -0.4 is 10.2 Å². The van der Waals surface area contributed by atoms with Crippen LogP contribution in [0.15, 0.2) is 48.5 Å². The first kappa shape index (κ1) is 20.3. The summed E-state index contributed by atoms with van der Waals surface area (Å²) in [4.78, 5) is 48.0. The Bertz CT molecular complexity index is 980. The molecule has 3 rings (SSSR count). The summed E-state index contributed by atoms with van der Waals surface area (Å²) in [5, 5.41) is 13.6. The number of amides is 2. The lowest BCUT2D eigenvalue weighted by molar-refractivity contribution is -0.384. The Hall–Kier alpha value is -3.46. The molecular weight excluding hydrogens is 402 g/mol. The minimum Gasteiger partial charge on any atom is -0.455 e. The Morgan fingerprint density at radius 3 is 2.72 bits per heavy atom. The highest BCUT2D eigenvalue weighted by Crippen LogP contribution is 2.31. The molecule has 1 saturated heterocycles. The van der Waals surface area contributed by atoms with Gasteiger partial charge in [-0.3, -0.25) is 24.5 Å². The number of anilines is 2. The lowest BCUT2D eigenvalue weighted by Crippen LogP contribution is -2.28. The Morgan fingerprint density at radius 2 is 2.00 bits per heavy atom. The zero-order chi connectivity index (χ0) is 21.0. The molecule has 0 saturated carbocycles. The maximum absolute atomic E-state index is 12.2. The first-order valence-corrected chi connectivity index (χ1v) is 8.99. The highest BCUT2D eigenvalue weighted by Gasteiger charge is 2.37. The third-order valence-corrected chi connectivity index (χ3v) is 4.61. The third kappa shape index (κ3) is 4.88. The number of non-ortho nitro benzene ring substituents is 1. The number of carbonyl (C=O) groups is 3. The van der Waals surface area contributed by atoms with Crippen LogP contribution in [0, 0.1) is 16.0 Å². The monoisotopic (exact) mass is 417 g/mol. The van der Waals surface area contributed by atoms with Gasteiger partial charge in [0.1, 0.15) is 0 Å². The maximum Gasteiger partial charge on any atom is 0.311 e. The van der Waals surface area contributed by atoms with Crippen LogP contribution >= 0.6 is 11.6 Å². The van der Waals surface area contributed by atoms with Gasteiger partial charge in [-0.1, -0.05) is 29.8 Å². The molecule has 1 aliphatic rings. The van der Waals surface area contributed by atoms with E-state index in [2.05, 4.69) is 5.32 Å². The molecule has 1 atom stereocenters. The van der Waals surface area contributed by atoms with Crippen molar-refractivity contribution >= 4 is 46.4 Å². The summed E-state index contributed by atoms with van der Waals surface area (Å²) in [5.41, 5.74) is 0.544. The average molecular weight is 418 g/mol. The predicted octanol–water partition coefficient (Wildman–Crippen LogP) is 2.78. The van der Waals surface area contributed by atoms with E-state index in [4.69, 9.17) is 16.3 Å². The van der Waals surface area contributed by atoms with Gasteiger partial charge in [0.2, 0.25) is 5.91 Å². The molecular formula is C19H16ClN3O6. The molecule has 1 N–H and O–H groups in total. The fraction of sp³-hybridized carbons (Fsp3) is 0.211. The molecule has 2 aromatic rings. The van der Waals surface area contributed by atoms with Gasteiger partial charge in [-0.25, -0.2) is 0 Å². The minimum atomic E-state index is -0.718. The Morgan fingerprint density at radius 1 is 1.24 bits per heavy atom. The van der Waals surface area contributed by atoms with Gasteiger partial charge in [0.25, 0.3) is 11.6 Å². The van der Waals surface area contributed by atoms with Gasteiger partial charge >= 0.3 is 5.97 Å². The van der Waals surface area contributed by atoms with Gasteiger partial charge in [-0.2, -0.15) is 0 Å². The first-order valence-electron chi connectivity index (χ1n) is 8.61. The van der Waals surface area contributed by atoms with Crippen LogP contribution in [0.3, 0.4) is 0 Å². The number of para-hydroxylation sites is 1. The fourth-order valence-electron chi connectivity index (χ4n) is 2.92. The van der Waals surface area contributed by atoms with Crippen molar-refractivity contribution in [3.8, 4) is 0 Å². The van der Waals surface area contributed by atoms with Crippen LogP contribution in [0.25, 0.3) is 0 Å². The second kappa shape index (κ2) is 8.70. The number of esters is 1. The normalized spacial score (nSPS) is 15.8. The largest absolute Gasteiger partial charge is 0.455 e. The number of hydrogen-bond acceptors (Lipinski definition) is 6. The molecule has 1 heterocycles. The highest BCUT2D eigenvalue weighted by atomic mass is 35.5. The molecule has 0 bridgehead atoms. The van der Waals surface area contributed by atoms with E-state index in [0.29, 0.717) is 10.7 Å². The molecule has 2 amide bonds. The van der Waals surface area contributed by atoms with Crippen molar-refractivity contribution < 1.29 is 24.0 Å². The Balaban J connectivity index is 1.54. The Labute approximate surface area is 170 Å². The molecule has 9 nitrogen and oxygen atoms in total. The SMILES string of the molecule is O=C(COC(=O)[C@H]1CC(=O)N(c2ccccc2Cl)C1)Nc1cccc([N+](=O)[O-])c1. The average Bonchev–Trinajstić information content (AvgIpc) is 3.08. The molecule has 0 aromatic heterocycles. The van der Waals surface area contributed by atoms with E-state index in [1.165, 1.54) is 29.2 Å². The minimum absolute atomic E-state index is 0.0451. The predicted molar refractivity (Wildman–Crippen MR) is 105 cm³/mol. The van der Waals surface area contributed by atoms with Crippen LogP contribution in [0.4, 0.5) is 17.1 Å². The number of halogens is 1. The number of benzene rings is 2. The Kier molecular flexibility index (Phi) is 6.08. The van der Waals surface area contributed by atoms with Crippen LogP contribution in [-0.4, -0.2) is 35.9 Å². The molecule has 0 spiro atoms. The fourth-order valence-corrected chi connectivity index (χ4v) is 3.16. The lowest BCUT2D eigenvalue weighted by atomic mass is 10.1. The van der Waals surface area contributed by atoms with Crippen molar-refractivity contribution in [3.05, 3.63) is 63.7 Å². The number of nitro groups is 1. The van der Waals surface area contributed by atoms with E-state index in [1.807, 2.05) is 0 Å². The van der Waals surface area contributed by atoms with Crippen molar-refractivity contribution in [2.75, 3.05) is 23.4 Å². The van der Waals surface area contributed by atoms with Crippen molar-refractivity contribution in [2.24, 2.45) is 5.92 Å². The van der Waals surface area contributed by atoms with Crippen molar-refractivity contribution in [3.63, 3.8) is 0 Å². The van der Waals surface area contributed by atoms with Gasteiger partial charge < -0.3 is 15.0 Å². The van der Waals surface area contributed by atoms with Gasteiger partial charge in [0.05, 0.1) is 21.6 Å². The molecule has 0 radical (unpaired) electrons. The highest BCUT2D eigenvalue weighted by molar-refractivity contribution is 6.33. The first-order chi connectivity index (χ1) is 13.8. The zero-order valence-corrected chi connectivity index (χ0v) is 15.8. The van der Waals surface area contributed by atoms with Crippen molar-refractivity contribution in [2.45, 2.75) is 6.42 Å². The summed E-state index contributed by atoms with van der Waals surface area (Å²) in [5.74, 6) is -2.31. The van der Waals surface area contributed by atoms with Crippen LogP contribution in [0.1, 0.15) is 6.42 Å². The number of nitro benzene ring substituents is 1. The summed E-state index contributed by atoms with van der Waals surface area (Å²) in [6.45, 7) is -0.466. The van der Waals surface area contributed by atoms with E-state index in [1.54, 1.807) is 24.3 Å². The molecule has 29 heavy (non-hydrogen) atoms. The summed E-state index contributed by atoms with van der Waals surface area (Å²) in [7, 11) is 0. The summed E-state index contributed by atoms with van der Waals surface area (Å²) in [6, 6.07) is 12.2. The molecule has 1 fully saturated rings. The second-order valence-corrected chi connectivity index (χ2v) is 6.73. The number of carbonyl (C=O) groups excluding carboxylic acids is 3. The molecule has 2 aromatic carbocycles. The molecule has 10 heteroatoms. The number of hydrogen-bond donors (Lipinski definition) is 1. The van der Waals surface area contributed by atoms with Crippen molar-refractivity contribution in [1.82, 2.24) is 0 Å². The van der Waals surface area contributed by atoms with Gasteiger partial charge in [-0.15, -0.1) is 0 Å². The van der Waals surface area contributed by atoms with Crippen LogP contribution in [-0.2, 0) is 19.1 Å². The van der Waals surface area contributed by atoms with Crippen molar-refractivity contribution in [1.29, 1.82) is 0 Å². The molecule has 150 valence electrons. The number of nitrogens with zero attached hydrogens (tertiary/aromatic N) is 2. The van der Waals surface area contributed by atoms with E-state index in [-0.39, 0.29) is 30.2 Å². The number of ether oxygens (including phenoxy) is 1. The second-order valence-electron chi connectivity index (χ2n) is 6.32. The molecule has 1 aliphatic heterocycles. The molecule has 0 aliphatic carbocycles. The lowest BCUT2D eigenvalue weighted by Gasteiger charge is -2.17. The molecule has 0 unspecified atom stereocenters. The van der Waals surface area contributed by atoms with Gasteiger partial charge in [0.15, 0.2) is 6.61 Å². The van der Waals surface area contributed by atoms with E-state index >= 15 is 0 Å². The zero-order valence-electron chi connectivity index (χ0n) is 15.0. The smallest absolute Gasteiger partial charge is 0.311 e. The summed E-state index contributed by atoms with van der Waals surface area (Å²) in [6.07, 6.45) is -0.0451. The number of nitrogens with one attached hydrogen (secondary N) is 1. The summed E-state index contributed by atoms with van der Waals surface area (Å²) < 4.78 is 5.00.